The van der Waals surface area contributed by atoms with Gasteiger partial charge < -0.3 is 10.4 Å². The molecule has 1 aromatic carbocycles. The highest BCUT2D eigenvalue weighted by Crippen LogP contribution is 2.32. The van der Waals surface area contributed by atoms with Gasteiger partial charge in [0.1, 0.15) is 11.4 Å². The highest BCUT2D eigenvalue weighted by atomic mass is 32.1. The van der Waals surface area contributed by atoms with Gasteiger partial charge in [-0.25, -0.2) is 0 Å². The lowest BCUT2D eigenvalue weighted by molar-refractivity contribution is -0.138. The van der Waals surface area contributed by atoms with E-state index in [9.17, 15) is 9.59 Å². The van der Waals surface area contributed by atoms with Crippen molar-refractivity contribution < 1.29 is 14.7 Å². The second-order valence-corrected chi connectivity index (χ2v) is 6.09. The summed E-state index contributed by atoms with van der Waals surface area (Å²) in [5.74, 6) is -1.25. The van der Waals surface area contributed by atoms with Gasteiger partial charge in [-0.05, 0) is 31.0 Å². The van der Waals surface area contributed by atoms with Crippen molar-refractivity contribution >= 4 is 34.6 Å². The number of amides is 1. The number of rotatable bonds is 5. The number of carboxylic acid groups (broad SMARTS) is 1. The number of carboxylic acids is 1. The molecule has 2 rings (SSSR count). The summed E-state index contributed by atoms with van der Waals surface area (Å²) < 4.78 is 8.18. The quantitative estimate of drug-likeness (QED) is 0.889. The topological polar surface area (TPSA) is 91.1 Å². The monoisotopic (exact) mass is 307 g/mol. The number of hydrogen-bond donors (Lipinski definition) is 2. The van der Waals surface area contributed by atoms with Crippen LogP contribution in [0, 0.1) is 5.92 Å². The van der Waals surface area contributed by atoms with Gasteiger partial charge in [-0.2, -0.15) is 8.73 Å². The van der Waals surface area contributed by atoms with Crippen LogP contribution in [0.25, 0.3) is 0 Å². The summed E-state index contributed by atoms with van der Waals surface area (Å²) in [6.45, 7) is 5.51. The van der Waals surface area contributed by atoms with Gasteiger partial charge in [-0.3, -0.25) is 9.59 Å². The molecule has 7 heteroatoms. The molecule has 0 spiro atoms. The van der Waals surface area contributed by atoms with E-state index in [1.165, 1.54) is 0 Å². The lowest BCUT2D eigenvalue weighted by atomic mass is 9.85. The fourth-order valence-corrected chi connectivity index (χ4v) is 2.48. The first-order valence-electron chi connectivity index (χ1n) is 6.58. The van der Waals surface area contributed by atoms with Crippen LogP contribution in [0.3, 0.4) is 0 Å². The normalized spacial score (nSPS) is 15.2. The number of aliphatic carboxylic acids is 1. The Morgan fingerprint density at radius 1 is 1.33 bits per heavy atom. The summed E-state index contributed by atoms with van der Waals surface area (Å²) in [6, 6.07) is 5.06. The predicted molar refractivity (Wildman–Crippen MR) is 80.9 cm³/mol. The Balaban J connectivity index is 2.20. The fraction of sp³-hybridized carbons (Fsp3) is 0.429. The molecule has 1 atom stereocenters. The molecule has 1 aliphatic heterocycles. The van der Waals surface area contributed by atoms with Crippen molar-refractivity contribution in [3.05, 3.63) is 23.8 Å². The lowest BCUT2D eigenvalue weighted by Crippen LogP contribution is -2.51. The van der Waals surface area contributed by atoms with E-state index in [0.29, 0.717) is 11.3 Å². The van der Waals surface area contributed by atoms with E-state index < -0.39 is 11.5 Å². The van der Waals surface area contributed by atoms with E-state index in [2.05, 4.69) is 14.0 Å². The SMILES string of the molecule is CC(C)C(C)(CC(=O)O)NC(=O)c1ccc2c(c1)N=S=N2. The fourth-order valence-electron chi connectivity index (χ4n) is 1.96. The van der Waals surface area contributed by atoms with Crippen molar-refractivity contribution in [2.45, 2.75) is 32.7 Å². The van der Waals surface area contributed by atoms with Gasteiger partial charge in [0, 0.05) is 5.56 Å². The molecule has 2 N–H and O–H groups in total. The van der Waals surface area contributed by atoms with E-state index in [0.717, 1.165) is 17.0 Å². The minimum Gasteiger partial charge on any atom is -0.481 e. The Hall–Kier alpha value is -2.02. The molecule has 0 radical (unpaired) electrons. The first kappa shape index (κ1) is 15.4. The van der Waals surface area contributed by atoms with Crippen LogP contribution in [0.5, 0.6) is 0 Å². The molecule has 6 nitrogen and oxygen atoms in total. The van der Waals surface area contributed by atoms with Crippen LogP contribution < -0.4 is 5.32 Å². The summed E-state index contributed by atoms with van der Waals surface area (Å²) in [7, 11) is 0. The zero-order valence-electron chi connectivity index (χ0n) is 12.1. The van der Waals surface area contributed by atoms with Crippen molar-refractivity contribution in [3.63, 3.8) is 0 Å². The molecule has 0 saturated heterocycles. The molecular formula is C14H17N3O3S. The third-order valence-corrected chi connectivity index (χ3v) is 4.26. The van der Waals surface area contributed by atoms with E-state index in [1.807, 2.05) is 13.8 Å². The summed E-state index contributed by atoms with van der Waals surface area (Å²) >= 11 is 1.09. The largest absolute Gasteiger partial charge is 0.481 e. The summed E-state index contributed by atoms with van der Waals surface area (Å²) in [6.07, 6.45) is -0.128. The molecule has 21 heavy (non-hydrogen) atoms. The standard InChI is InChI=1S/C14H17N3O3S/c1-8(2)14(3,7-12(18)19)15-13(20)9-4-5-10-11(6-9)17-21-16-10/h4-6,8H,7H2,1-3H3,(H,15,20)(H,18,19). The summed E-state index contributed by atoms with van der Waals surface area (Å²) in [5, 5.41) is 11.9. The maximum absolute atomic E-state index is 12.4. The van der Waals surface area contributed by atoms with Gasteiger partial charge in [-0.15, -0.1) is 0 Å². The zero-order valence-corrected chi connectivity index (χ0v) is 12.9. The number of fused-ring (bicyclic) bond motifs is 1. The van der Waals surface area contributed by atoms with Gasteiger partial charge in [0.15, 0.2) is 0 Å². The summed E-state index contributed by atoms with van der Waals surface area (Å²) in [5.41, 5.74) is 1.05. The van der Waals surface area contributed by atoms with E-state index in [4.69, 9.17) is 5.11 Å². The molecule has 1 aromatic rings. The molecule has 0 saturated carbocycles. The van der Waals surface area contributed by atoms with Gasteiger partial charge in [0.05, 0.1) is 23.3 Å². The highest BCUT2D eigenvalue weighted by molar-refractivity contribution is 7.58. The average molecular weight is 307 g/mol. The third kappa shape index (κ3) is 3.36. The lowest BCUT2D eigenvalue weighted by Gasteiger charge is -2.33. The molecule has 1 unspecified atom stereocenters. The number of carbonyl (C=O) groups is 2. The molecule has 112 valence electrons. The first-order valence-corrected chi connectivity index (χ1v) is 7.31. The van der Waals surface area contributed by atoms with Crippen molar-refractivity contribution in [2.75, 3.05) is 0 Å². The summed E-state index contributed by atoms with van der Waals surface area (Å²) in [4.78, 5) is 23.4. The van der Waals surface area contributed by atoms with E-state index >= 15 is 0 Å². The molecule has 0 bridgehead atoms. The van der Waals surface area contributed by atoms with Crippen LogP contribution in [0.2, 0.25) is 0 Å². The van der Waals surface area contributed by atoms with Crippen LogP contribution in [0.1, 0.15) is 37.6 Å². The zero-order chi connectivity index (χ0) is 15.6. The third-order valence-electron chi connectivity index (χ3n) is 3.71. The van der Waals surface area contributed by atoms with Gasteiger partial charge >= 0.3 is 5.97 Å². The number of nitrogens with zero attached hydrogens (tertiary/aromatic N) is 2. The Bertz CT molecular complexity index is 665. The minimum absolute atomic E-state index is 0.0118. The van der Waals surface area contributed by atoms with Crippen LogP contribution in [-0.4, -0.2) is 22.5 Å². The molecule has 1 heterocycles. The van der Waals surface area contributed by atoms with Crippen LogP contribution in [0.4, 0.5) is 11.4 Å². The Labute approximate surface area is 126 Å². The Morgan fingerprint density at radius 3 is 2.62 bits per heavy atom. The number of carbonyl (C=O) groups excluding carboxylic acids is 1. The maximum Gasteiger partial charge on any atom is 0.305 e. The molecule has 0 fully saturated rings. The Kier molecular flexibility index (Phi) is 4.22. The van der Waals surface area contributed by atoms with Crippen LogP contribution in [-0.2, 0) is 16.1 Å². The smallest absolute Gasteiger partial charge is 0.305 e. The molecule has 1 amide bonds. The number of hydrogen-bond acceptors (Lipinski definition) is 4. The Morgan fingerprint density at radius 2 is 2.00 bits per heavy atom. The second-order valence-electron chi connectivity index (χ2n) is 5.56. The highest BCUT2D eigenvalue weighted by Gasteiger charge is 2.33. The van der Waals surface area contributed by atoms with Crippen LogP contribution >= 0.6 is 0 Å². The van der Waals surface area contributed by atoms with Gasteiger partial charge in [0.25, 0.3) is 5.91 Å². The van der Waals surface area contributed by atoms with Crippen molar-refractivity contribution in [2.24, 2.45) is 14.6 Å². The first-order chi connectivity index (χ1) is 9.82. The molecule has 1 aliphatic rings. The predicted octanol–water partition coefficient (Wildman–Crippen LogP) is 3.03. The molecular weight excluding hydrogens is 290 g/mol. The van der Waals surface area contributed by atoms with Crippen LogP contribution in [0.15, 0.2) is 26.9 Å². The molecule has 0 aliphatic carbocycles. The second kappa shape index (κ2) is 5.77. The minimum atomic E-state index is -0.939. The van der Waals surface area contributed by atoms with Crippen molar-refractivity contribution in [1.29, 1.82) is 0 Å². The molecule has 0 aromatic heterocycles. The van der Waals surface area contributed by atoms with Crippen molar-refractivity contribution in [3.8, 4) is 0 Å². The number of nitrogens with one attached hydrogen (secondary N) is 1. The average Bonchev–Trinajstić information content (AvgIpc) is 2.84. The maximum atomic E-state index is 12.4. The van der Waals surface area contributed by atoms with Gasteiger partial charge in [-0.1, -0.05) is 13.8 Å². The van der Waals surface area contributed by atoms with E-state index in [1.54, 1.807) is 25.1 Å². The van der Waals surface area contributed by atoms with Crippen molar-refractivity contribution in [1.82, 2.24) is 5.32 Å². The van der Waals surface area contributed by atoms with E-state index in [-0.39, 0.29) is 18.2 Å². The van der Waals surface area contributed by atoms with Gasteiger partial charge in [0.2, 0.25) is 0 Å². The number of benzene rings is 1.